The zero-order valence-electron chi connectivity index (χ0n) is 11.9. The van der Waals surface area contributed by atoms with Crippen LogP contribution >= 0.6 is 0 Å². The van der Waals surface area contributed by atoms with E-state index in [9.17, 15) is 4.79 Å². The van der Waals surface area contributed by atoms with Crippen LogP contribution in [0.5, 0.6) is 0 Å². The van der Waals surface area contributed by atoms with Crippen LogP contribution in [0.4, 0.5) is 0 Å². The first-order valence-electron chi connectivity index (χ1n) is 7.19. The molecule has 0 aromatic carbocycles. The van der Waals surface area contributed by atoms with Crippen LogP contribution < -0.4 is 0 Å². The van der Waals surface area contributed by atoms with Gasteiger partial charge in [0, 0.05) is 0 Å². The van der Waals surface area contributed by atoms with Gasteiger partial charge >= 0.3 is 5.97 Å². The summed E-state index contributed by atoms with van der Waals surface area (Å²) in [4.78, 5) is 10.6. The number of hydrogen-bond donors (Lipinski definition) is 1. The first kappa shape index (κ1) is 17.0. The molecule has 106 valence electrons. The monoisotopic (exact) mass is 256 g/mol. The van der Waals surface area contributed by atoms with E-state index in [-0.39, 0.29) is 5.76 Å². The van der Waals surface area contributed by atoms with Gasteiger partial charge in [0.15, 0.2) is 5.76 Å². The second kappa shape index (κ2) is 12.5. The van der Waals surface area contributed by atoms with Crippen LogP contribution in [0.25, 0.3) is 0 Å². The molecule has 0 aliphatic heterocycles. The van der Waals surface area contributed by atoms with E-state index >= 15 is 0 Å². The second-order valence-electron chi connectivity index (χ2n) is 4.69. The molecule has 0 bridgehead atoms. The Morgan fingerprint density at radius 3 is 1.94 bits per heavy atom. The van der Waals surface area contributed by atoms with Crippen molar-refractivity contribution in [1.29, 1.82) is 0 Å². The molecule has 0 aromatic heterocycles. The number of hydrogen-bond acceptors (Lipinski definition) is 2. The Balaban J connectivity index is 3.32. The summed E-state index contributed by atoms with van der Waals surface area (Å²) in [5.74, 6) is -0.914. The second-order valence-corrected chi connectivity index (χ2v) is 4.69. The van der Waals surface area contributed by atoms with E-state index in [1.54, 1.807) is 6.08 Å². The molecular weight excluding hydrogens is 228 g/mol. The highest BCUT2D eigenvalue weighted by Crippen LogP contribution is 2.11. The lowest BCUT2D eigenvalue weighted by molar-refractivity contribution is -0.136. The van der Waals surface area contributed by atoms with Gasteiger partial charge in [-0.2, -0.15) is 0 Å². The minimum Gasteiger partial charge on any atom is -0.490 e. The van der Waals surface area contributed by atoms with Gasteiger partial charge in [-0.05, 0) is 18.9 Å². The molecule has 0 aromatic rings. The van der Waals surface area contributed by atoms with Gasteiger partial charge in [0.2, 0.25) is 0 Å². The Labute approximate surface area is 111 Å². The standard InChI is InChI=1S/C15H28O3/c1-3-4-5-6-7-8-9-10-11-12-13-14(18-2)15(16)17/h13H,3-12H2,1-2H3,(H,16,17)/b14-13-. The smallest absolute Gasteiger partial charge is 0.370 e. The summed E-state index contributed by atoms with van der Waals surface area (Å²) >= 11 is 0. The molecular formula is C15H28O3. The molecule has 18 heavy (non-hydrogen) atoms. The van der Waals surface area contributed by atoms with Crippen LogP contribution in [0.2, 0.25) is 0 Å². The van der Waals surface area contributed by atoms with Gasteiger partial charge in [0.25, 0.3) is 0 Å². The first-order valence-corrected chi connectivity index (χ1v) is 7.19. The van der Waals surface area contributed by atoms with E-state index in [1.807, 2.05) is 0 Å². The van der Waals surface area contributed by atoms with E-state index in [0.717, 1.165) is 12.8 Å². The molecule has 0 radical (unpaired) electrons. The molecule has 0 fully saturated rings. The number of allylic oxidation sites excluding steroid dienone is 1. The Morgan fingerprint density at radius 1 is 1.00 bits per heavy atom. The third-order valence-electron chi connectivity index (χ3n) is 3.07. The molecule has 0 spiro atoms. The summed E-state index contributed by atoms with van der Waals surface area (Å²) in [5.41, 5.74) is 0. The van der Waals surface area contributed by atoms with Gasteiger partial charge in [0.1, 0.15) is 0 Å². The Kier molecular flexibility index (Phi) is 11.8. The fourth-order valence-electron chi connectivity index (χ4n) is 1.95. The minimum absolute atomic E-state index is 0.0644. The summed E-state index contributed by atoms with van der Waals surface area (Å²) in [6.45, 7) is 2.24. The summed E-state index contributed by atoms with van der Waals surface area (Å²) in [7, 11) is 1.40. The predicted octanol–water partition coefficient (Wildman–Crippen LogP) is 4.52. The van der Waals surface area contributed by atoms with Crippen LogP contribution in [-0.4, -0.2) is 18.2 Å². The molecule has 3 nitrogen and oxygen atoms in total. The minimum atomic E-state index is -0.978. The highest BCUT2D eigenvalue weighted by molar-refractivity contribution is 5.84. The number of ether oxygens (including phenoxy) is 1. The largest absolute Gasteiger partial charge is 0.490 e. The molecule has 0 atom stereocenters. The molecule has 0 rings (SSSR count). The van der Waals surface area contributed by atoms with Gasteiger partial charge in [-0.25, -0.2) is 4.79 Å². The maximum Gasteiger partial charge on any atom is 0.370 e. The summed E-state index contributed by atoms with van der Waals surface area (Å²) < 4.78 is 4.76. The van der Waals surface area contributed by atoms with Crippen molar-refractivity contribution in [3.05, 3.63) is 11.8 Å². The third kappa shape index (κ3) is 10.2. The van der Waals surface area contributed by atoms with Crippen molar-refractivity contribution in [2.75, 3.05) is 7.11 Å². The van der Waals surface area contributed by atoms with Crippen LogP contribution in [-0.2, 0) is 9.53 Å². The lowest BCUT2D eigenvalue weighted by Gasteiger charge is -2.02. The summed E-state index contributed by atoms with van der Waals surface area (Å²) in [6.07, 6.45) is 14.0. The fraction of sp³-hybridized carbons (Fsp3) is 0.800. The third-order valence-corrected chi connectivity index (χ3v) is 3.07. The highest BCUT2D eigenvalue weighted by atomic mass is 16.5. The normalized spacial score (nSPS) is 11.6. The van der Waals surface area contributed by atoms with Crippen molar-refractivity contribution in [1.82, 2.24) is 0 Å². The summed E-state index contributed by atoms with van der Waals surface area (Å²) in [5, 5.41) is 8.72. The lowest BCUT2D eigenvalue weighted by Crippen LogP contribution is -2.02. The SMILES string of the molecule is CCCCCCCCCCC/C=C(\OC)C(=O)O. The highest BCUT2D eigenvalue weighted by Gasteiger charge is 2.04. The van der Waals surface area contributed by atoms with Gasteiger partial charge < -0.3 is 9.84 Å². The van der Waals surface area contributed by atoms with Crippen molar-refractivity contribution in [3.63, 3.8) is 0 Å². The molecule has 0 aliphatic rings. The number of rotatable bonds is 12. The van der Waals surface area contributed by atoms with Gasteiger partial charge in [-0.15, -0.1) is 0 Å². The van der Waals surface area contributed by atoms with Crippen molar-refractivity contribution in [2.24, 2.45) is 0 Å². The van der Waals surface area contributed by atoms with Crippen LogP contribution in [0, 0.1) is 0 Å². The molecule has 0 saturated carbocycles. The Hall–Kier alpha value is -0.990. The number of carboxylic acid groups (broad SMARTS) is 1. The molecule has 0 unspecified atom stereocenters. The predicted molar refractivity (Wildman–Crippen MR) is 74.6 cm³/mol. The average molecular weight is 256 g/mol. The molecule has 0 amide bonds. The number of carbonyl (C=O) groups is 1. The fourth-order valence-corrected chi connectivity index (χ4v) is 1.95. The Morgan fingerprint density at radius 2 is 1.50 bits per heavy atom. The molecule has 0 aliphatic carbocycles. The van der Waals surface area contributed by atoms with E-state index < -0.39 is 5.97 Å². The van der Waals surface area contributed by atoms with E-state index in [1.165, 1.54) is 58.5 Å². The van der Waals surface area contributed by atoms with E-state index in [0.29, 0.717) is 0 Å². The number of unbranched alkanes of at least 4 members (excludes halogenated alkanes) is 9. The topological polar surface area (TPSA) is 46.5 Å². The molecule has 1 N–H and O–H groups in total. The van der Waals surface area contributed by atoms with Crippen molar-refractivity contribution in [2.45, 2.75) is 71.1 Å². The summed E-state index contributed by atoms with van der Waals surface area (Å²) in [6, 6.07) is 0. The zero-order valence-corrected chi connectivity index (χ0v) is 11.9. The van der Waals surface area contributed by atoms with Crippen LogP contribution in [0.3, 0.4) is 0 Å². The van der Waals surface area contributed by atoms with Crippen LogP contribution in [0.15, 0.2) is 11.8 Å². The van der Waals surface area contributed by atoms with E-state index in [4.69, 9.17) is 9.84 Å². The van der Waals surface area contributed by atoms with Crippen LogP contribution in [0.1, 0.15) is 71.1 Å². The molecule has 3 heteroatoms. The van der Waals surface area contributed by atoms with Crippen molar-refractivity contribution < 1.29 is 14.6 Å². The Bertz CT molecular complexity index is 234. The maximum atomic E-state index is 10.6. The number of methoxy groups -OCH3 is 1. The molecule has 0 heterocycles. The van der Waals surface area contributed by atoms with Crippen molar-refractivity contribution >= 4 is 5.97 Å². The van der Waals surface area contributed by atoms with Crippen molar-refractivity contribution in [3.8, 4) is 0 Å². The number of aliphatic carboxylic acids is 1. The average Bonchev–Trinajstić information content (AvgIpc) is 2.35. The van der Waals surface area contributed by atoms with Gasteiger partial charge in [-0.1, -0.05) is 58.3 Å². The first-order chi connectivity index (χ1) is 8.72. The lowest BCUT2D eigenvalue weighted by atomic mass is 10.1. The molecule has 0 saturated heterocycles. The zero-order chi connectivity index (χ0) is 13.6. The van der Waals surface area contributed by atoms with E-state index in [2.05, 4.69) is 6.92 Å². The van der Waals surface area contributed by atoms with Gasteiger partial charge in [-0.3, -0.25) is 0 Å². The number of carboxylic acids is 1. The maximum absolute atomic E-state index is 10.6. The van der Waals surface area contributed by atoms with Gasteiger partial charge in [0.05, 0.1) is 7.11 Å². The quantitative estimate of drug-likeness (QED) is 0.317.